The molecule has 2 aromatic heterocycles. The van der Waals surface area contributed by atoms with Crippen LogP contribution in [0.3, 0.4) is 0 Å². The standard InChI is InChI=1S/C29H35FN6O/c1-33-13-7-21(19-33)20-34-14-8-22(9-15-34)29(37)35-16-10-24(11-17-35)36-27-6-5-23(30)18-26(27)32-28(36)25-4-2-3-12-31-25/h3,5-7,12-13,18-19,22,24H,2,4,8-11,14-17,20H2,1H3. The van der Waals surface area contributed by atoms with Gasteiger partial charge in [0.25, 0.3) is 0 Å². The molecule has 0 bridgehead atoms. The first kappa shape index (κ1) is 24.1. The minimum atomic E-state index is -0.274. The summed E-state index contributed by atoms with van der Waals surface area (Å²) in [6.07, 6.45) is 13.5. The van der Waals surface area contributed by atoms with E-state index in [4.69, 9.17) is 4.98 Å². The van der Waals surface area contributed by atoms with Crippen LogP contribution in [0.2, 0.25) is 0 Å². The highest BCUT2D eigenvalue weighted by molar-refractivity contribution is 6.01. The lowest BCUT2D eigenvalue weighted by Gasteiger charge is -2.38. The molecule has 2 fully saturated rings. The summed E-state index contributed by atoms with van der Waals surface area (Å²) < 4.78 is 18.3. The average Bonchev–Trinajstić information content (AvgIpc) is 3.52. The number of halogens is 1. The molecule has 0 spiro atoms. The molecule has 3 aliphatic heterocycles. The fourth-order valence-electron chi connectivity index (χ4n) is 6.17. The number of imidazole rings is 1. The normalized spacial score (nSPS) is 20.1. The van der Waals surface area contributed by atoms with Gasteiger partial charge >= 0.3 is 0 Å². The SMILES string of the molecule is Cn1ccc(CN2CCC(C(=O)N3CCC(n4c(C5=NC=CCC5)nc5cc(F)ccc54)CC3)CC2)c1. The maximum atomic E-state index is 14.0. The Morgan fingerprint density at radius 3 is 2.59 bits per heavy atom. The summed E-state index contributed by atoms with van der Waals surface area (Å²) in [4.78, 5) is 27.3. The number of aryl methyl sites for hydroxylation is 1. The average molecular weight is 503 g/mol. The highest BCUT2D eigenvalue weighted by atomic mass is 19.1. The predicted molar refractivity (Wildman–Crippen MR) is 143 cm³/mol. The van der Waals surface area contributed by atoms with Crippen molar-refractivity contribution < 1.29 is 9.18 Å². The van der Waals surface area contributed by atoms with E-state index in [1.807, 2.05) is 12.3 Å². The number of benzene rings is 1. The quantitative estimate of drug-likeness (QED) is 0.509. The summed E-state index contributed by atoms with van der Waals surface area (Å²) in [5.74, 6) is 1.02. The van der Waals surface area contributed by atoms with Crippen LogP contribution in [0.1, 0.15) is 56.0 Å². The highest BCUT2D eigenvalue weighted by Crippen LogP contribution is 2.32. The van der Waals surface area contributed by atoms with Crippen LogP contribution in [0.15, 0.2) is 53.9 Å². The zero-order valence-corrected chi connectivity index (χ0v) is 21.5. The number of nitrogens with zero attached hydrogens (tertiary/aromatic N) is 6. The molecule has 0 aliphatic carbocycles. The van der Waals surface area contributed by atoms with E-state index in [1.54, 1.807) is 0 Å². The molecular weight excluding hydrogens is 467 g/mol. The number of amides is 1. The third-order valence-corrected chi connectivity index (χ3v) is 8.17. The molecule has 6 rings (SSSR count). The molecule has 0 unspecified atom stereocenters. The van der Waals surface area contributed by atoms with Crippen molar-refractivity contribution in [2.75, 3.05) is 26.2 Å². The lowest BCUT2D eigenvalue weighted by Crippen LogP contribution is -2.45. The third-order valence-electron chi connectivity index (χ3n) is 8.17. The number of aromatic nitrogens is 3. The number of hydrogen-bond acceptors (Lipinski definition) is 4. The fourth-order valence-corrected chi connectivity index (χ4v) is 6.17. The monoisotopic (exact) mass is 502 g/mol. The van der Waals surface area contributed by atoms with Crippen molar-refractivity contribution in [3.8, 4) is 0 Å². The Labute approximate surface area is 217 Å². The second-order valence-electron chi connectivity index (χ2n) is 10.7. The van der Waals surface area contributed by atoms with Crippen LogP contribution < -0.4 is 0 Å². The molecule has 0 N–H and O–H groups in total. The number of carbonyl (C=O) groups is 1. The van der Waals surface area contributed by atoms with Gasteiger partial charge in [0.1, 0.15) is 5.82 Å². The Hall–Kier alpha value is -3.26. The summed E-state index contributed by atoms with van der Waals surface area (Å²) in [5, 5.41) is 0. The van der Waals surface area contributed by atoms with E-state index < -0.39 is 0 Å². The van der Waals surface area contributed by atoms with Crippen LogP contribution in [-0.2, 0) is 18.4 Å². The van der Waals surface area contributed by atoms with E-state index in [1.165, 1.54) is 17.7 Å². The number of hydrogen-bond donors (Lipinski definition) is 0. The summed E-state index contributed by atoms with van der Waals surface area (Å²) in [6.45, 7) is 4.40. The lowest BCUT2D eigenvalue weighted by molar-refractivity contribution is -0.138. The molecule has 2 saturated heterocycles. The van der Waals surface area contributed by atoms with Gasteiger partial charge in [-0.3, -0.25) is 14.7 Å². The fraction of sp³-hybridized carbons (Fsp3) is 0.483. The summed E-state index contributed by atoms with van der Waals surface area (Å²) in [5.41, 5.74) is 3.91. The minimum Gasteiger partial charge on any atom is -0.357 e. The van der Waals surface area contributed by atoms with Gasteiger partial charge in [-0.25, -0.2) is 9.37 Å². The largest absolute Gasteiger partial charge is 0.357 e. The summed E-state index contributed by atoms with van der Waals surface area (Å²) >= 11 is 0. The molecule has 8 heteroatoms. The van der Waals surface area contributed by atoms with E-state index in [9.17, 15) is 9.18 Å². The molecule has 1 amide bonds. The zero-order valence-electron chi connectivity index (χ0n) is 21.5. The number of carbonyl (C=O) groups excluding carboxylic acids is 1. The number of aliphatic imine (C=N–C) groups is 1. The smallest absolute Gasteiger partial charge is 0.225 e. The van der Waals surface area contributed by atoms with Crippen LogP contribution in [0.4, 0.5) is 4.39 Å². The van der Waals surface area contributed by atoms with E-state index in [0.717, 1.165) is 88.3 Å². The van der Waals surface area contributed by atoms with Gasteiger partial charge in [0.15, 0.2) is 5.82 Å². The molecule has 5 heterocycles. The zero-order chi connectivity index (χ0) is 25.4. The second-order valence-corrected chi connectivity index (χ2v) is 10.7. The first-order valence-corrected chi connectivity index (χ1v) is 13.6. The summed E-state index contributed by atoms with van der Waals surface area (Å²) in [7, 11) is 2.05. The van der Waals surface area contributed by atoms with Gasteiger partial charge in [-0.2, -0.15) is 0 Å². The first-order valence-electron chi connectivity index (χ1n) is 13.6. The van der Waals surface area contributed by atoms with Crippen molar-refractivity contribution in [2.24, 2.45) is 18.0 Å². The molecule has 1 aromatic carbocycles. The van der Waals surface area contributed by atoms with Gasteiger partial charge < -0.3 is 14.0 Å². The van der Waals surface area contributed by atoms with Crippen molar-refractivity contribution in [3.05, 3.63) is 66.1 Å². The van der Waals surface area contributed by atoms with Gasteiger partial charge in [0, 0.05) is 63.3 Å². The Kier molecular flexibility index (Phi) is 6.67. The molecule has 0 atom stereocenters. The molecule has 0 saturated carbocycles. The molecule has 194 valence electrons. The van der Waals surface area contributed by atoms with Gasteiger partial charge in [0.2, 0.25) is 5.91 Å². The first-order chi connectivity index (χ1) is 18.0. The van der Waals surface area contributed by atoms with E-state index in [0.29, 0.717) is 11.4 Å². The van der Waals surface area contributed by atoms with Crippen LogP contribution in [0, 0.1) is 11.7 Å². The van der Waals surface area contributed by atoms with Crippen LogP contribution in [0.5, 0.6) is 0 Å². The van der Waals surface area contributed by atoms with Crippen molar-refractivity contribution >= 4 is 22.7 Å². The summed E-state index contributed by atoms with van der Waals surface area (Å²) in [6, 6.07) is 7.24. The maximum absolute atomic E-state index is 14.0. The number of allylic oxidation sites excluding steroid dienone is 1. The number of fused-ring (bicyclic) bond motifs is 1. The van der Waals surface area contributed by atoms with Crippen LogP contribution in [0.25, 0.3) is 11.0 Å². The molecule has 37 heavy (non-hydrogen) atoms. The number of rotatable bonds is 5. The predicted octanol–water partition coefficient (Wildman–Crippen LogP) is 4.69. The van der Waals surface area contributed by atoms with Gasteiger partial charge in [0.05, 0.1) is 16.7 Å². The van der Waals surface area contributed by atoms with E-state index in [-0.39, 0.29) is 17.8 Å². The Bertz CT molecular complexity index is 1340. The second kappa shape index (κ2) is 10.2. The van der Waals surface area contributed by atoms with Crippen molar-refractivity contribution in [1.29, 1.82) is 0 Å². The molecule has 0 radical (unpaired) electrons. The topological polar surface area (TPSA) is 58.7 Å². The highest BCUT2D eigenvalue weighted by Gasteiger charge is 2.33. The Balaban J connectivity index is 1.11. The Morgan fingerprint density at radius 1 is 1.08 bits per heavy atom. The van der Waals surface area contributed by atoms with Gasteiger partial charge in [-0.1, -0.05) is 6.08 Å². The van der Waals surface area contributed by atoms with Crippen molar-refractivity contribution in [1.82, 2.24) is 23.9 Å². The van der Waals surface area contributed by atoms with Gasteiger partial charge in [-0.05, 0) is 75.4 Å². The molecule has 7 nitrogen and oxygen atoms in total. The number of likely N-dealkylation sites (tertiary alicyclic amines) is 2. The minimum absolute atomic E-state index is 0.125. The van der Waals surface area contributed by atoms with E-state index in [2.05, 4.69) is 55.5 Å². The maximum Gasteiger partial charge on any atom is 0.225 e. The van der Waals surface area contributed by atoms with E-state index >= 15 is 0 Å². The van der Waals surface area contributed by atoms with Crippen LogP contribution >= 0.6 is 0 Å². The van der Waals surface area contributed by atoms with Gasteiger partial charge in [-0.15, -0.1) is 0 Å². The van der Waals surface area contributed by atoms with Crippen molar-refractivity contribution in [2.45, 2.75) is 51.1 Å². The Morgan fingerprint density at radius 2 is 1.89 bits per heavy atom. The molecular formula is C29H35FN6O. The van der Waals surface area contributed by atoms with Crippen LogP contribution in [-0.4, -0.2) is 61.7 Å². The molecule has 3 aromatic rings. The lowest BCUT2D eigenvalue weighted by atomic mass is 9.93. The number of piperidine rings is 2. The molecule has 3 aliphatic rings. The third kappa shape index (κ3) is 4.99. The van der Waals surface area contributed by atoms with Crippen molar-refractivity contribution in [3.63, 3.8) is 0 Å².